The third kappa shape index (κ3) is 13.2. The molecule has 0 spiro atoms. The van der Waals surface area contributed by atoms with Crippen LogP contribution in [0.5, 0.6) is 0 Å². The maximum Gasteiger partial charge on any atom is 0.508 e. The molecular formula is C18H35NO5. The molecule has 0 aromatic heterocycles. The predicted octanol–water partition coefficient (Wildman–Crippen LogP) is 4.08. The van der Waals surface area contributed by atoms with Crippen LogP contribution in [-0.4, -0.2) is 54.5 Å². The lowest BCUT2D eigenvalue weighted by atomic mass is 10.1. The van der Waals surface area contributed by atoms with E-state index in [4.69, 9.17) is 14.6 Å². The minimum Gasteiger partial charge on any atom is -0.481 e. The summed E-state index contributed by atoms with van der Waals surface area (Å²) >= 11 is 0. The number of carboxylic acid groups (broad SMARTS) is 1. The van der Waals surface area contributed by atoms with E-state index in [1.54, 1.807) is 0 Å². The largest absolute Gasteiger partial charge is 0.508 e. The second-order valence-electron chi connectivity index (χ2n) is 6.00. The van der Waals surface area contributed by atoms with Crippen molar-refractivity contribution < 1.29 is 24.2 Å². The summed E-state index contributed by atoms with van der Waals surface area (Å²) in [6.45, 7) is 9.52. The van der Waals surface area contributed by atoms with Gasteiger partial charge < -0.3 is 19.5 Å². The highest BCUT2D eigenvalue weighted by atomic mass is 16.7. The number of rotatable bonds is 15. The SMILES string of the molecule is CCCCCCC(CCC(=O)O)OC(=O)OCCCN(CC)CC. The third-order valence-corrected chi connectivity index (χ3v) is 4.06. The fourth-order valence-corrected chi connectivity index (χ4v) is 2.50. The number of carbonyl (C=O) groups excluding carboxylic acids is 1. The van der Waals surface area contributed by atoms with E-state index in [1.165, 1.54) is 0 Å². The van der Waals surface area contributed by atoms with Crippen LogP contribution in [0.25, 0.3) is 0 Å². The van der Waals surface area contributed by atoms with Crippen LogP contribution >= 0.6 is 0 Å². The molecule has 0 aromatic rings. The molecule has 1 atom stereocenters. The minimum atomic E-state index is -0.871. The number of carbonyl (C=O) groups is 2. The van der Waals surface area contributed by atoms with Crippen LogP contribution in [0.15, 0.2) is 0 Å². The quantitative estimate of drug-likeness (QED) is 0.356. The van der Waals surface area contributed by atoms with E-state index in [1.807, 2.05) is 0 Å². The van der Waals surface area contributed by atoms with Crippen LogP contribution in [0.2, 0.25) is 0 Å². The van der Waals surface area contributed by atoms with E-state index in [9.17, 15) is 9.59 Å². The first-order valence-corrected chi connectivity index (χ1v) is 9.30. The van der Waals surface area contributed by atoms with Crippen molar-refractivity contribution in [2.45, 2.75) is 78.2 Å². The topological polar surface area (TPSA) is 76.1 Å². The standard InChI is InChI=1S/C18H35NO5/c1-4-7-8-9-11-16(12-13-17(20)21)24-18(22)23-15-10-14-19(5-2)6-3/h16H,4-15H2,1-3H3,(H,20,21). The number of carboxylic acids is 1. The summed E-state index contributed by atoms with van der Waals surface area (Å²) in [5.41, 5.74) is 0. The summed E-state index contributed by atoms with van der Waals surface area (Å²) in [7, 11) is 0. The van der Waals surface area contributed by atoms with Crippen LogP contribution in [0.3, 0.4) is 0 Å². The summed E-state index contributed by atoms with van der Waals surface area (Å²) in [4.78, 5) is 24.7. The van der Waals surface area contributed by atoms with Gasteiger partial charge in [-0.1, -0.05) is 40.0 Å². The first-order valence-electron chi connectivity index (χ1n) is 9.30. The van der Waals surface area contributed by atoms with E-state index < -0.39 is 12.1 Å². The molecular weight excluding hydrogens is 310 g/mol. The second-order valence-corrected chi connectivity index (χ2v) is 6.00. The number of nitrogens with zero attached hydrogens (tertiary/aromatic N) is 1. The molecule has 0 bridgehead atoms. The molecule has 0 fully saturated rings. The Morgan fingerprint density at radius 2 is 1.71 bits per heavy atom. The van der Waals surface area contributed by atoms with E-state index in [0.717, 1.165) is 51.7 Å². The first-order chi connectivity index (χ1) is 11.5. The normalized spacial score (nSPS) is 12.2. The maximum absolute atomic E-state index is 11.8. The number of aliphatic carboxylic acids is 1. The Balaban J connectivity index is 4.05. The highest BCUT2D eigenvalue weighted by Gasteiger charge is 2.17. The summed E-state index contributed by atoms with van der Waals surface area (Å²) in [5, 5.41) is 8.80. The molecule has 0 aliphatic rings. The molecule has 1 N–H and O–H groups in total. The summed E-state index contributed by atoms with van der Waals surface area (Å²) < 4.78 is 10.4. The lowest BCUT2D eigenvalue weighted by Crippen LogP contribution is -2.26. The Morgan fingerprint density at radius 3 is 2.29 bits per heavy atom. The van der Waals surface area contributed by atoms with Crippen LogP contribution < -0.4 is 0 Å². The molecule has 6 nitrogen and oxygen atoms in total. The molecule has 0 heterocycles. The van der Waals surface area contributed by atoms with Crippen molar-refractivity contribution in [1.82, 2.24) is 4.90 Å². The summed E-state index contributed by atoms with van der Waals surface area (Å²) in [6.07, 6.45) is 5.05. The zero-order valence-corrected chi connectivity index (χ0v) is 15.6. The Kier molecular flexibility index (Phi) is 14.4. The van der Waals surface area contributed by atoms with Crippen molar-refractivity contribution in [3.05, 3.63) is 0 Å². The Morgan fingerprint density at radius 1 is 1.00 bits per heavy atom. The van der Waals surface area contributed by atoms with Gasteiger partial charge in [0.25, 0.3) is 0 Å². The van der Waals surface area contributed by atoms with Gasteiger partial charge in [-0.05, 0) is 38.8 Å². The summed E-state index contributed by atoms with van der Waals surface area (Å²) in [5.74, 6) is -0.871. The Labute approximate surface area is 146 Å². The average molecular weight is 345 g/mol. The highest BCUT2D eigenvalue weighted by molar-refractivity contribution is 5.66. The van der Waals surface area contributed by atoms with Crippen molar-refractivity contribution in [1.29, 1.82) is 0 Å². The van der Waals surface area contributed by atoms with Gasteiger partial charge in [0, 0.05) is 13.0 Å². The Bertz CT molecular complexity index is 331. The Hall–Kier alpha value is -1.30. The molecule has 0 saturated heterocycles. The van der Waals surface area contributed by atoms with Crippen molar-refractivity contribution in [2.75, 3.05) is 26.2 Å². The van der Waals surface area contributed by atoms with E-state index in [2.05, 4.69) is 25.7 Å². The monoisotopic (exact) mass is 345 g/mol. The van der Waals surface area contributed by atoms with Gasteiger partial charge >= 0.3 is 12.1 Å². The lowest BCUT2D eigenvalue weighted by molar-refractivity contribution is -0.137. The van der Waals surface area contributed by atoms with Gasteiger partial charge in [0.05, 0.1) is 6.61 Å². The number of unbranched alkanes of at least 4 members (excludes halogenated alkanes) is 3. The number of hydrogen-bond acceptors (Lipinski definition) is 5. The van der Waals surface area contributed by atoms with Crippen molar-refractivity contribution in [3.8, 4) is 0 Å². The minimum absolute atomic E-state index is 0.00762. The van der Waals surface area contributed by atoms with Gasteiger partial charge in [-0.3, -0.25) is 4.79 Å². The average Bonchev–Trinajstić information content (AvgIpc) is 2.56. The van der Waals surface area contributed by atoms with Crippen molar-refractivity contribution >= 4 is 12.1 Å². The molecule has 0 radical (unpaired) electrons. The van der Waals surface area contributed by atoms with Gasteiger partial charge in [0.15, 0.2) is 0 Å². The van der Waals surface area contributed by atoms with E-state index >= 15 is 0 Å². The number of ether oxygens (including phenoxy) is 2. The predicted molar refractivity (Wildman–Crippen MR) is 94.3 cm³/mol. The zero-order valence-electron chi connectivity index (χ0n) is 15.6. The molecule has 6 heteroatoms. The van der Waals surface area contributed by atoms with Crippen LogP contribution in [0, 0.1) is 0 Å². The highest BCUT2D eigenvalue weighted by Crippen LogP contribution is 2.14. The molecule has 0 aliphatic carbocycles. The molecule has 0 aliphatic heterocycles. The first kappa shape index (κ1) is 22.7. The van der Waals surface area contributed by atoms with Gasteiger partial charge in [-0.15, -0.1) is 0 Å². The zero-order chi connectivity index (χ0) is 18.2. The molecule has 0 aromatic carbocycles. The lowest BCUT2D eigenvalue weighted by Gasteiger charge is -2.19. The smallest absolute Gasteiger partial charge is 0.481 e. The van der Waals surface area contributed by atoms with E-state index in [-0.39, 0.29) is 12.5 Å². The van der Waals surface area contributed by atoms with Crippen molar-refractivity contribution in [3.63, 3.8) is 0 Å². The molecule has 0 rings (SSSR count). The summed E-state index contributed by atoms with van der Waals surface area (Å²) in [6, 6.07) is 0. The van der Waals surface area contributed by atoms with Crippen molar-refractivity contribution in [2.24, 2.45) is 0 Å². The van der Waals surface area contributed by atoms with Gasteiger partial charge in [-0.25, -0.2) is 4.79 Å². The third-order valence-electron chi connectivity index (χ3n) is 4.06. The fourth-order valence-electron chi connectivity index (χ4n) is 2.50. The molecule has 1 unspecified atom stereocenters. The second kappa shape index (κ2) is 15.2. The van der Waals surface area contributed by atoms with Gasteiger partial charge in [-0.2, -0.15) is 0 Å². The molecule has 24 heavy (non-hydrogen) atoms. The van der Waals surface area contributed by atoms with Gasteiger partial charge in [0.1, 0.15) is 6.10 Å². The molecule has 0 saturated carbocycles. The van der Waals surface area contributed by atoms with Gasteiger partial charge in [0.2, 0.25) is 0 Å². The van der Waals surface area contributed by atoms with Crippen LogP contribution in [0.4, 0.5) is 4.79 Å². The maximum atomic E-state index is 11.8. The molecule has 142 valence electrons. The van der Waals surface area contributed by atoms with Crippen LogP contribution in [0.1, 0.15) is 72.1 Å². The fraction of sp³-hybridized carbons (Fsp3) is 0.889. The van der Waals surface area contributed by atoms with Crippen LogP contribution in [-0.2, 0) is 14.3 Å². The molecule has 0 amide bonds. The number of hydrogen-bond donors (Lipinski definition) is 1. The van der Waals surface area contributed by atoms with E-state index in [0.29, 0.717) is 19.4 Å².